The van der Waals surface area contributed by atoms with E-state index in [0.717, 1.165) is 39.0 Å². The summed E-state index contributed by atoms with van der Waals surface area (Å²) in [7, 11) is 0. The van der Waals surface area contributed by atoms with Crippen molar-refractivity contribution in [3.05, 3.63) is 0 Å². The number of hydrogen-bond acceptors (Lipinski definition) is 4. The standard InChI is InChI=1S/C17H34N2O3/c1-5-6-7-15(18)13-21-12-14-8-10-19(11-9-14)16(20)22-17(2,3)4/h14-15H,5-13,18H2,1-4H3/t15-/m0/s1. The second-order valence-electron chi connectivity index (χ2n) is 7.35. The van der Waals surface area contributed by atoms with Crippen molar-refractivity contribution in [2.75, 3.05) is 26.3 Å². The summed E-state index contributed by atoms with van der Waals surface area (Å²) in [5.41, 5.74) is 5.58. The summed E-state index contributed by atoms with van der Waals surface area (Å²) in [5, 5.41) is 0. The molecule has 1 saturated heterocycles. The van der Waals surface area contributed by atoms with Gasteiger partial charge in [0.25, 0.3) is 0 Å². The molecule has 1 aliphatic heterocycles. The van der Waals surface area contributed by atoms with Gasteiger partial charge in [-0.15, -0.1) is 0 Å². The van der Waals surface area contributed by atoms with E-state index in [0.29, 0.717) is 12.5 Å². The summed E-state index contributed by atoms with van der Waals surface area (Å²) in [4.78, 5) is 13.8. The van der Waals surface area contributed by atoms with E-state index in [-0.39, 0.29) is 12.1 Å². The highest BCUT2D eigenvalue weighted by Crippen LogP contribution is 2.20. The zero-order valence-electron chi connectivity index (χ0n) is 14.8. The molecule has 22 heavy (non-hydrogen) atoms. The van der Waals surface area contributed by atoms with Crippen molar-refractivity contribution in [1.29, 1.82) is 0 Å². The lowest BCUT2D eigenvalue weighted by Gasteiger charge is -2.33. The number of nitrogens with zero attached hydrogens (tertiary/aromatic N) is 1. The first kappa shape index (κ1) is 19.2. The van der Waals surface area contributed by atoms with Crippen LogP contribution in [-0.4, -0.2) is 48.9 Å². The number of rotatable bonds is 7. The van der Waals surface area contributed by atoms with Gasteiger partial charge in [-0.1, -0.05) is 19.8 Å². The predicted molar refractivity (Wildman–Crippen MR) is 88.9 cm³/mol. The van der Waals surface area contributed by atoms with E-state index < -0.39 is 5.60 Å². The number of carbonyl (C=O) groups is 1. The molecule has 1 aliphatic rings. The van der Waals surface area contributed by atoms with Gasteiger partial charge in [-0.2, -0.15) is 0 Å². The Morgan fingerprint density at radius 2 is 1.95 bits per heavy atom. The monoisotopic (exact) mass is 314 g/mol. The van der Waals surface area contributed by atoms with Crippen molar-refractivity contribution in [2.24, 2.45) is 11.7 Å². The van der Waals surface area contributed by atoms with Gasteiger partial charge >= 0.3 is 6.09 Å². The predicted octanol–water partition coefficient (Wildman–Crippen LogP) is 3.17. The van der Waals surface area contributed by atoms with Gasteiger partial charge in [-0.25, -0.2) is 4.79 Å². The van der Waals surface area contributed by atoms with Gasteiger partial charge in [-0.05, 0) is 46.0 Å². The van der Waals surface area contributed by atoms with Crippen molar-refractivity contribution >= 4 is 6.09 Å². The minimum absolute atomic E-state index is 0.154. The van der Waals surface area contributed by atoms with Gasteiger partial charge in [0.15, 0.2) is 0 Å². The molecule has 0 aromatic rings. The molecule has 5 nitrogen and oxygen atoms in total. The molecular formula is C17H34N2O3. The Hall–Kier alpha value is -0.810. The fourth-order valence-electron chi connectivity index (χ4n) is 2.54. The molecule has 1 amide bonds. The number of unbranched alkanes of at least 4 members (excludes halogenated alkanes) is 1. The normalized spacial score (nSPS) is 18.3. The Balaban J connectivity index is 2.16. The highest BCUT2D eigenvalue weighted by molar-refractivity contribution is 5.68. The molecule has 0 aromatic carbocycles. The Morgan fingerprint density at radius 3 is 2.50 bits per heavy atom. The van der Waals surface area contributed by atoms with Gasteiger partial charge in [0.1, 0.15) is 5.60 Å². The van der Waals surface area contributed by atoms with Crippen molar-refractivity contribution in [3.8, 4) is 0 Å². The fraction of sp³-hybridized carbons (Fsp3) is 0.941. The zero-order valence-corrected chi connectivity index (χ0v) is 14.8. The first-order valence-corrected chi connectivity index (χ1v) is 8.63. The molecule has 0 aliphatic carbocycles. The van der Waals surface area contributed by atoms with Crippen molar-refractivity contribution in [1.82, 2.24) is 4.90 Å². The maximum Gasteiger partial charge on any atom is 0.410 e. The van der Waals surface area contributed by atoms with Gasteiger partial charge < -0.3 is 20.1 Å². The number of hydrogen-bond donors (Lipinski definition) is 1. The van der Waals surface area contributed by atoms with E-state index >= 15 is 0 Å². The lowest BCUT2D eigenvalue weighted by molar-refractivity contribution is 0.0109. The summed E-state index contributed by atoms with van der Waals surface area (Å²) >= 11 is 0. The molecular weight excluding hydrogens is 280 g/mol. The van der Waals surface area contributed by atoms with E-state index in [1.807, 2.05) is 20.8 Å². The lowest BCUT2D eigenvalue weighted by Crippen LogP contribution is -2.42. The third kappa shape index (κ3) is 7.99. The first-order valence-electron chi connectivity index (χ1n) is 8.63. The fourth-order valence-corrected chi connectivity index (χ4v) is 2.54. The van der Waals surface area contributed by atoms with E-state index in [1.165, 1.54) is 12.8 Å². The van der Waals surface area contributed by atoms with Crippen molar-refractivity contribution in [3.63, 3.8) is 0 Å². The summed E-state index contributed by atoms with van der Waals surface area (Å²) in [6.45, 7) is 10.8. The van der Waals surface area contributed by atoms with Crippen molar-refractivity contribution < 1.29 is 14.3 Å². The highest BCUT2D eigenvalue weighted by Gasteiger charge is 2.26. The molecule has 2 N–H and O–H groups in total. The van der Waals surface area contributed by atoms with Crippen LogP contribution in [0.1, 0.15) is 59.8 Å². The molecule has 0 aromatic heterocycles. The van der Waals surface area contributed by atoms with Gasteiger partial charge in [-0.3, -0.25) is 0 Å². The molecule has 0 spiro atoms. The van der Waals surface area contributed by atoms with E-state index in [2.05, 4.69) is 6.92 Å². The summed E-state index contributed by atoms with van der Waals surface area (Å²) < 4.78 is 11.2. The van der Waals surface area contributed by atoms with Gasteiger partial charge in [0.05, 0.1) is 6.61 Å². The molecule has 0 radical (unpaired) electrons. The quantitative estimate of drug-likeness (QED) is 0.784. The second-order valence-corrected chi connectivity index (χ2v) is 7.35. The number of nitrogens with two attached hydrogens (primary N) is 1. The van der Waals surface area contributed by atoms with Crippen LogP contribution >= 0.6 is 0 Å². The Morgan fingerprint density at radius 1 is 1.32 bits per heavy atom. The highest BCUT2D eigenvalue weighted by atomic mass is 16.6. The minimum atomic E-state index is -0.425. The van der Waals surface area contributed by atoms with Crippen LogP contribution in [0.2, 0.25) is 0 Å². The molecule has 130 valence electrons. The molecule has 5 heteroatoms. The maximum atomic E-state index is 12.0. The van der Waals surface area contributed by atoms with Crippen LogP contribution in [0.5, 0.6) is 0 Å². The van der Waals surface area contributed by atoms with E-state index in [1.54, 1.807) is 4.90 Å². The number of likely N-dealkylation sites (tertiary alicyclic amines) is 1. The average molecular weight is 314 g/mol. The lowest BCUT2D eigenvalue weighted by atomic mass is 9.98. The third-order valence-corrected chi connectivity index (χ3v) is 3.88. The van der Waals surface area contributed by atoms with Crippen LogP contribution in [0.15, 0.2) is 0 Å². The second kappa shape index (κ2) is 9.36. The van der Waals surface area contributed by atoms with Crippen LogP contribution in [0.4, 0.5) is 4.79 Å². The molecule has 0 bridgehead atoms. The van der Waals surface area contributed by atoms with Crippen LogP contribution in [0.25, 0.3) is 0 Å². The topological polar surface area (TPSA) is 64.8 Å². The third-order valence-electron chi connectivity index (χ3n) is 3.88. The van der Waals surface area contributed by atoms with Crippen LogP contribution in [0.3, 0.4) is 0 Å². The Labute approximate surface area is 135 Å². The van der Waals surface area contributed by atoms with Crippen LogP contribution in [0, 0.1) is 5.92 Å². The van der Waals surface area contributed by atoms with E-state index in [9.17, 15) is 4.79 Å². The SMILES string of the molecule is CCCC[C@H](N)COCC1CCN(C(=O)OC(C)(C)C)CC1. The number of piperidine rings is 1. The van der Waals surface area contributed by atoms with Crippen LogP contribution < -0.4 is 5.73 Å². The zero-order chi connectivity index (χ0) is 16.6. The number of amides is 1. The Kier molecular flexibility index (Phi) is 8.18. The number of ether oxygens (including phenoxy) is 2. The molecule has 1 fully saturated rings. The molecule has 1 atom stereocenters. The average Bonchev–Trinajstić information content (AvgIpc) is 2.44. The largest absolute Gasteiger partial charge is 0.444 e. The molecule has 0 saturated carbocycles. The van der Waals surface area contributed by atoms with Gasteiger partial charge in [0, 0.05) is 25.7 Å². The summed E-state index contributed by atoms with van der Waals surface area (Å²) in [6, 6.07) is 0.154. The summed E-state index contributed by atoms with van der Waals surface area (Å²) in [6.07, 6.45) is 5.13. The smallest absolute Gasteiger partial charge is 0.410 e. The van der Waals surface area contributed by atoms with Gasteiger partial charge in [0.2, 0.25) is 0 Å². The van der Waals surface area contributed by atoms with E-state index in [4.69, 9.17) is 15.2 Å². The minimum Gasteiger partial charge on any atom is -0.444 e. The number of carbonyl (C=O) groups excluding carboxylic acids is 1. The first-order chi connectivity index (χ1) is 10.3. The Bertz CT molecular complexity index is 320. The maximum absolute atomic E-state index is 12.0. The molecule has 0 unspecified atom stereocenters. The summed E-state index contributed by atoms with van der Waals surface area (Å²) in [5.74, 6) is 0.525. The van der Waals surface area contributed by atoms with Crippen molar-refractivity contribution in [2.45, 2.75) is 71.4 Å². The van der Waals surface area contributed by atoms with Crippen LogP contribution in [-0.2, 0) is 9.47 Å². The molecule has 1 heterocycles. The molecule has 1 rings (SSSR count).